The van der Waals surface area contributed by atoms with Crippen LogP contribution in [0.15, 0.2) is 157 Å². The smallest absolute Gasteiger partial charge is 0.408 e. The van der Waals surface area contributed by atoms with Crippen LogP contribution in [0.25, 0.3) is 10.4 Å². The first-order valence-electron chi connectivity index (χ1n) is 29.3. The second kappa shape index (κ2) is 39.9. The minimum Gasteiger partial charge on any atom is -0.445 e. The molecule has 5 N–H and O–H groups in total. The number of benzene rings is 3. The van der Waals surface area contributed by atoms with E-state index in [4.69, 9.17) is 29.6 Å². The summed E-state index contributed by atoms with van der Waals surface area (Å²) in [6.07, 6.45) is 0.789. The van der Waals surface area contributed by atoms with Crippen molar-refractivity contribution in [1.29, 1.82) is 0 Å². The van der Waals surface area contributed by atoms with Gasteiger partial charge in [-0.05, 0) is 172 Å². The maximum absolute atomic E-state index is 13.8. The van der Waals surface area contributed by atoms with E-state index in [9.17, 15) is 28.8 Å². The topological polar surface area (TPSA) is 263 Å². The van der Waals surface area contributed by atoms with Gasteiger partial charge in [-0.1, -0.05) is 110 Å². The van der Waals surface area contributed by atoms with Crippen molar-refractivity contribution in [1.82, 2.24) is 31.1 Å². The van der Waals surface area contributed by atoms with Crippen molar-refractivity contribution in [3.05, 3.63) is 198 Å². The van der Waals surface area contributed by atoms with E-state index in [1.54, 1.807) is 121 Å². The SMILES string of the molecule is CC(C)(C)OC(=O)N[C@@H](CCCCNC(=O)OCc1ccc(Br)cc1)C(=O)N(Cc1cccs1)Cc1cccs1.CC(C)(C)OC(=O)N[C@@H](CCCCNC(=O)OCc1ccc(N=[N+]=[N-])cc1)C(=O)N(Cc1cccs1)Cc1cccs1.OCc1ccc(Br)cc1. The Labute approximate surface area is 564 Å². The zero-order valence-electron chi connectivity index (χ0n) is 51.8. The highest BCUT2D eigenvalue weighted by Crippen LogP contribution is 2.23. The van der Waals surface area contributed by atoms with E-state index < -0.39 is 47.7 Å². The lowest BCUT2D eigenvalue weighted by Crippen LogP contribution is -2.49. The molecule has 0 saturated heterocycles. The Hall–Kier alpha value is -7.29. The summed E-state index contributed by atoms with van der Waals surface area (Å²) in [7, 11) is 0. The summed E-state index contributed by atoms with van der Waals surface area (Å²) in [5, 5.41) is 31.1. The van der Waals surface area contributed by atoms with Gasteiger partial charge < -0.3 is 55.1 Å². The molecule has 7 aromatic rings. The molecule has 2 atom stereocenters. The van der Waals surface area contributed by atoms with Crippen molar-refractivity contribution < 1.29 is 52.8 Å². The fourth-order valence-corrected chi connectivity index (χ4v) is 11.7. The quantitative estimate of drug-likeness (QED) is 0.0101. The molecule has 7 rings (SSSR count). The molecule has 0 spiro atoms. The van der Waals surface area contributed by atoms with E-state index in [2.05, 4.69) is 63.2 Å². The summed E-state index contributed by atoms with van der Waals surface area (Å²) in [6, 6.07) is 36.1. The van der Waals surface area contributed by atoms with Crippen molar-refractivity contribution in [2.75, 3.05) is 13.1 Å². The summed E-state index contributed by atoms with van der Waals surface area (Å²) >= 11 is 13.0. The van der Waals surface area contributed by atoms with Crippen LogP contribution in [0.4, 0.5) is 24.9 Å². The Bertz CT molecular complexity index is 3230. The molecule has 3 aromatic carbocycles. The van der Waals surface area contributed by atoms with Gasteiger partial charge in [0.15, 0.2) is 0 Å². The average molecular weight is 1450 g/mol. The number of aliphatic hydroxyl groups excluding tert-OH is 1. The summed E-state index contributed by atoms with van der Waals surface area (Å²) in [4.78, 5) is 87.6. The number of rotatable bonds is 28. The van der Waals surface area contributed by atoms with Crippen LogP contribution < -0.4 is 21.3 Å². The molecular weight excluding hydrogens is 1370 g/mol. The highest BCUT2D eigenvalue weighted by atomic mass is 79.9. The lowest BCUT2D eigenvalue weighted by atomic mass is 10.1. The molecule has 6 amide bonds. The maximum atomic E-state index is 13.8. The third kappa shape index (κ3) is 31.1. The van der Waals surface area contributed by atoms with Gasteiger partial charge >= 0.3 is 24.4 Å². The number of aliphatic hydroxyl groups is 1. The number of amides is 6. The Morgan fingerprint density at radius 2 is 0.857 bits per heavy atom. The molecule has 0 fully saturated rings. The molecule has 91 heavy (non-hydrogen) atoms. The molecule has 4 heterocycles. The first-order chi connectivity index (χ1) is 43.5. The molecule has 4 aromatic heterocycles. The van der Waals surface area contributed by atoms with Crippen molar-refractivity contribution in [3.8, 4) is 0 Å². The number of azide groups is 1. The van der Waals surface area contributed by atoms with Crippen LogP contribution in [-0.4, -0.2) is 87.5 Å². The number of ether oxygens (including phenoxy) is 4. The van der Waals surface area contributed by atoms with Gasteiger partial charge in [0.25, 0.3) is 0 Å². The molecule has 20 nitrogen and oxygen atoms in total. The van der Waals surface area contributed by atoms with Crippen molar-refractivity contribution >= 4 is 119 Å². The minimum absolute atomic E-state index is 0.0725. The molecule has 0 aliphatic rings. The zero-order valence-corrected chi connectivity index (χ0v) is 58.2. The first-order valence-corrected chi connectivity index (χ1v) is 34.4. The molecule has 488 valence electrons. The van der Waals surface area contributed by atoms with Crippen LogP contribution in [0.2, 0.25) is 0 Å². The van der Waals surface area contributed by atoms with Gasteiger partial charge in [-0.2, -0.15) is 0 Å². The van der Waals surface area contributed by atoms with Gasteiger partial charge in [0, 0.05) is 52.1 Å². The Morgan fingerprint density at radius 1 is 0.516 bits per heavy atom. The van der Waals surface area contributed by atoms with Crippen molar-refractivity contribution in [2.45, 2.75) is 149 Å². The van der Waals surface area contributed by atoms with Crippen LogP contribution in [0.5, 0.6) is 0 Å². The third-order valence-electron chi connectivity index (χ3n) is 12.5. The van der Waals surface area contributed by atoms with E-state index >= 15 is 0 Å². The Balaban J connectivity index is 0.000000290. The molecule has 26 heteroatoms. The molecule has 0 aliphatic heterocycles. The van der Waals surface area contributed by atoms with Gasteiger partial charge in [0.2, 0.25) is 11.8 Å². The van der Waals surface area contributed by atoms with Gasteiger partial charge in [0.05, 0.1) is 32.8 Å². The number of alkyl carbamates (subject to hydrolysis) is 4. The highest BCUT2D eigenvalue weighted by molar-refractivity contribution is 9.10. The summed E-state index contributed by atoms with van der Waals surface area (Å²) in [5.74, 6) is -0.365. The Kier molecular flexibility index (Phi) is 32.6. The first kappa shape index (κ1) is 74.4. The van der Waals surface area contributed by atoms with E-state index in [-0.39, 0.29) is 31.6 Å². The van der Waals surface area contributed by atoms with E-state index in [1.807, 2.05) is 119 Å². The van der Waals surface area contributed by atoms with Crippen LogP contribution in [0.1, 0.15) is 116 Å². The number of hydrogen-bond acceptors (Lipinski definition) is 16. The standard InChI is InChI=1S/C29H36BrN3O5S2.C29H36N6O5S2.C7H7BrO/c1-29(2,3)38-28(36)32-25(10-4-5-15-31-27(35)37-20-21-11-13-22(30)14-12-21)26(34)33(18-23-8-6-16-39-23)19-24-9-7-17-40-24;1-29(2,3)40-28(38)32-25(26(36)35(18-23-8-6-16-41-23)19-24-9-7-17-42-24)10-4-5-15-31-27(37)39-20-21-11-13-22(14-12-21)33-34-30;8-7-3-1-6(5-9)2-4-7/h6-9,11-14,16-17,25H,4-5,10,15,18-20H2,1-3H3,(H,31,35)(H,32,36);6-9,11-14,16-17,25H,4-5,10,15,18-20H2,1-3H3,(H,31,37)(H,32,38);1-4,9H,5H2/t2*25-;/m00./s1. The van der Waals surface area contributed by atoms with E-state index in [0.717, 1.165) is 45.1 Å². The summed E-state index contributed by atoms with van der Waals surface area (Å²) < 4.78 is 23.4. The van der Waals surface area contributed by atoms with Gasteiger partial charge in [-0.3, -0.25) is 9.59 Å². The largest absolute Gasteiger partial charge is 0.445 e. The van der Waals surface area contributed by atoms with Crippen LogP contribution >= 0.6 is 77.2 Å². The molecule has 0 bridgehead atoms. The number of nitrogens with one attached hydrogen (secondary N) is 4. The zero-order chi connectivity index (χ0) is 66.0. The van der Waals surface area contributed by atoms with Gasteiger partial charge in [-0.15, -0.1) is 45.3 Å². The number of halogens is 2. The summed E-state index contributed by atoms with van der Waals surface area (Å²) in [5.41, 5.74) is 10.2. The second-order valence-electron chi connectivity index (χ2n) is 22.4. The second-order valence-corrected chi connectivity index (χ2v) is 28.3. The van der Waals surface area contributed by atoms with Crippen LogP contribution in [0, 0.1) is 0 Å². The van der Waals surface area contributed by atoms with Crippen LogP contribution in [-0.2, 0) is 74.5 Å². The molecule has 0 saturated carbocycles. The monoisotopic (exact) mass is 1450 g/mol. The van der Waals surface area contributed by atoms with Crippen LogP contribution in [0.3, 0.4) is 0 Å². The number of hydrogen-bond donors (Lipinski definition) is 5. The maximum Gasteiger partial charge on any atom is 0.408 e. The molecular formula is C65H79Br2N9O11S4. The molecule has 0 aliphatic carbocycles. The van der Waals surface area contributed by atoms with E-state index in [0.29, 0.717) is 83.5 Å². The van der Waals surface area contributed by atoms with E-state index in [1.165, 1.54) is 0 Å². The van der Waals surface area contributed by atoms with Gasteiger partial charge in [0.1, 0.15) is 36.5 Å². The molecule has 0 unspecified atom stereocenters. The number of nitrogens with zero attached hydrogens (tertiary/aromatic N) is 5. The molecule has 0 radical (unpaired) electrons. The third-order valence-corrected chi connectivity index (χ3v) is 17.0. The predicted molar refractivity (Wildman–Crippen MR) is 366 cm³/mol. The normalized spacial score (nSPS) is 11.5. The van der Waals surface area contributed by atoms with Crippen molar-refractivity contribution in [2.24, 2.45) is 5.11 Å². The lowest BCUT2D eigenvalue weighted by molar-refractivity contribution is -0.135. The predicted octanol–water partition coefficient (Wildman–Crippen LogP) is 16.3. The fraction of sp³-hybridized carbons (Fsp3) is 0.385. The summed E-state index contributed by atoms with van der Waals surface area (Å²) in [6.45, 7) is 13.5. The number of carbonyl (C=O) groups is 6. The lowest BCUT2D eigenvalue weighted by Gasteiger charge is -2.28. The average Bonchev–Trinajstić information content (AvgIpc) is 2.66. The van der Waals surface area contributed by atoms with Crippen molar-refractivity contribution in [3.63, 3.8) is 0 Å². The number of unbranched alkanes of at least 4 members (excludes halogenated alkanes) is 2. The van der Waals surface area contributed by atoms with Gasteiger partial charge in [-0.25, -0.2) is 19.2 Å². The Morgan fingerprint density at radius 3 is 1.16 bits per heavy atom. The minimum atomic E-state index is -0.792. The number of thiophene rings is 4. The number of carbonyl (C=O) groups excluding carboxylic acids is 6. The highest BCUT2D eigenvalue weighted by Gasteiger charge is 2.30. The fourth-order valence-electron chi connectivity index (χ4n) is 8.25.